The summed E-state index contributed by atoms with van der Waals surface area (Å²) < 4.78 is 22.9. The molecule has 2 rings (SSSR count). The fourth-order valence-electron chi connectivity index (χ4n) is 2.15. The molecular formula is C13H20N2O2S. The summed E-state index contributed by atoms with van der Waals surface area (Å²) in [6.45, 7) is 5.24. The van der Waals surface area contributed by atoms with Crippen LogP contribution in [0.25, 0.3) is 0 Å². The van der Waals surface area contributed by atoms with E-state index in [1.165, 1.54) is 6.26 Å². The van der Waals surface area contributed by atoms with Gasteiger partial charge in [0.05, 0.1) is 4.90 Å². The summed E-state index contributed by atoms with van der Waals surface area (Å²) in [7, 11) is -3.09. The average Bonchev–Trinajstić information content (AvgIpc) is 2.37. The Labute approximate surface area is 109 Å². The maximum Gasteiger partial charge on any atom is 0.175 e. The summed E-state index contributed by atoms with van der Waals surface area (Å²) in [4.78, 5) is 2.82. The Morgan fingerprint density at radius 2 is 2.00 bits per heavy atom. The van der Waals surface area contributed by atoms with Crippen molar-refractivity contribution in [3.8, 4) is 0 Å². The predicted molar refractivity (Wildman–Crippen MR) is 72.6 cm³/mol. The SMILES string of the molecule is CS(=O)(=O)c1cccc(CCN2CCNCC2)c1. The molecule has 4 nitrogen and oxygen atoms in total. The van der Waals surface area contributed by atoms with E-state index in [0.717, 1.165) is 44.7 Å². The minimum atomic E-state index is -3.09. The molecule has 18 heavy (non-hydrogen) atoms. The fraction of sp³-hybridized carbons (Fsp3) is 0.538. The predicted octanol–water partition coefficient (Wildman–Crippen LogP) is 0.538. The second-order valence-electron chi connectivity index (χ2n) is 4.76. The van der Waals surface area contributed by atoms with E-state index in [1.54, 1.807) is 12.1 Å². The van der Waals surface area contributed by atoms with Crippen molar-refractivity contribution in [3.05, 3.63) is 29.8 Å². The molecular weight excluding hydrogens is 248 g/mol. The number of sulfone groups is 1. The van der Waals surface area contributed by atoms with Gasteiger partial charge < -0.3 is 10.2 Å². The first kappa shape index (κ1) is 13.5. The Kier molecular flexibility index (Phi) is 4.37. The summed E-state index contributed by atoms with van der Waals surface area (Å²) in [5.74, 6) is 0. The van der Waals surface area contributed by atoms with Gasteiger partial charge in [-0.25, -0.2) is 8.42 Å². The smallest absolute Gasteiger partial charge is 0.175 e. The number of rotatable bonds is 4. The zero-order chi connectivity index (χ0) is 13.0. The van der Waals surface area contributed by atoms with Gasteiger partial charge in [0.2, 0.25) is 0 Å². The molecule has 1 fully saturated rings. The normalized spacial score (nSPS) is 17.8. The summed E-state index contributed by atoms with van der Waals surface area (Å²) in [6, 6.07) is 7.27. The van der Waals surface area contributed by atoms with Crippen molar-refractivity contribution >= 4 is 9.84 Å². The van der Waals surface area contributed by atoms with Crippen LogP contribution in [0.1, 0.15) is 5.56 Å². The molecule has 1 aromatic carbocycles. The van der Waals surface area contributed by atoms with Gasteiger partial charge in [-0.15, -0.1) is 0 Å². The van der Waals surface area contributed by atoms with Crippen LogP contribution in [-0.2, 0) is 16.3 Å². The van der Waals surface area contributed by atoms with Crippen molar-refractivity contribution in [1.82, 2.24) is 10.2 Å². The van der Waals surface area contributed by atoms with Crippen LogP contribution in [0, 0.1) is 0 Å². The number of hydrogen-bond donors (Lipinski definition) is 1. The van der Waals surface area contributed by atoms with E-state index in [0.29, 0.717) is 4.90 Å². The quantitative estimate of drug-likeness (QED) is 0.866. The minimum absolute atomic E-state index is 0.417. The Balaban J connectivity index is 1.97. The van der Waals surface area contributed by atoms with Gasteiger partial charge in [0, 0.05) is 39.0 Å². The van der Waals surface area contributed by atoms with Gasteiger partial charge in [-0.2, -0.15) is 0 Å². The van der Waals surface area contributed by atoms with Gasteiger partial charge in [0.25, 0.3) is 0 Å². The Morgan fingerprint density at radius 1 is 1.28 bits per heavy atom. The topological polar surface area (TPSA) is 49.4 Å². The van der Waals surface area contributed by atoms with Gasteiger partial charge >= 0.3 is 0 Å². The zero-order valence-electron chi connectivity index (χ0n) is 10.7. The van der Waals surface area contributed by atoms with Crippen LogP contribution in [0.5, 0.6) is 0 Å². The molecule has 100 valence electrons. The van der Waals surface area contributed by atoms with Crippen LogP contribution in [0.2, 0.25) is 0 Å². The van der Waals surface area contributed by atoms with Gasteiger partial charge in [0.15, 0.2) is 9.84 Å². The highest BCUT2D eigenvalue weighted by atomic mass is 32.2. The van der Waals surface area contributed by atoms with Crippen LogP contribution >= 0.6 is 0 Å². The molecule has 1 aromatic rings. The number of nitrogens with zero attached hydrogens (tertiary/aromatic N) is 1. The van der Waals surface area contributed by atoms with Crippen LogP contribution in [-0.4, -0.2) is 52.3 Å². The van der Waals surface area contributed by atoms with Crippen molar-refractivity contribution in [3.63, 3.8) is 0 Å². The molecule has 1 N–H and O–H groups in total. The van der Waals surface area contributed by atoms with Crippen LogP contribution in [0.3, 0.4) is 0 Å². The van der Waals surface area contributed by atoms with Crippen molar-refractivity contribution in [1.29, 1.82) is 0 Å². The lowest BCUT2D eigenvalue weighted by Gasteiger charge is -2.27. The average molecular weight is 268 g/mol. The lowest BCUT2D eigenvalue weighted by Crippen LogP contribution is -2.44. The molecule has 1 heterocycles. The lowest BCUT2D eigenvalue weighted by atomic mass is 10.1. The van der Waals surface area contributed by atoms with E-state index in [1.807, 2.05) is 12.1 Å². The second-order valence-corrected chi connectivity index (χ2v) is 6.78. The van der Waals surface area contributed by atoms with E-state index in [4.69, 9.17) is 0 Å². The van der Waals surface area contributed by atoms with E-state index in [-0.39, 0.29) is 0 Å². The third-order valence-corrected chi connectivity index (χ3v) is 4.36. The van der Waals surface area contributed by atoms with E-state index in [9.17, 15) is 8.42 Å². The highest BCUT2D eigenvalue weighted by molar-refractivity contribution is 7.90. The molecule has 0 amide bonds. The summed E-state index contributed by atoms with van der Waals surface area (Å²) >= 11 is 0. The summed E-state index contributed by atoms with van der Waals surface area (Å²) in [6.07, 6.45) is 2.16. The zero-order valence-corrected chi connectivity index (χ0v) is 11.5. The van der Waals surface area contributed by atoms with E-state index in [2.05, 4.69) is 10.2 Å². The third kappa shape index (κ3) is 3.80. The van der Waals surface area contributed by atoms with Crippen molar-refractivity contribution in [2.45, 2.75) is 11.3 Å². The molecule has 0 unspecified atom stereocenters. The molecule has 0 saturated carbocycles. The maximum atomic E-state index is 11.5. The van der Waals surface area contributed by atoms with Crippen molar-refractivity contribution in [2.75, 3.05) is 39.0 Å². The number of nitrogens with one attached hydrogen (secondary N) is 1. The highest BCUT2D eigenvalue weighted by Crippen LogP contribution is 2.12. The molecule has 0 radical (unpaired) electrons. The lowest BCUT2D eigenvalue weighted by molar-refractivity contribution is 0.244. The fourth-order valence-corrected chi connectivity index (χ4v) is 2.84. The number of piperazine rings is 1. The van der Waals surface area contributed by atoms with Crippen LogP contribution < -0.4 is 5.32 Å². The first-order chi connectivity index (χ1) is 8.55. The minimum Gasteiger partial charge on any atom is -0.314 e. The number of hydrogen-bond acceptors (Lipinski definition) is 4. The molecule has 1 aliphatic rings. The molecule has 0 aliphatic carbocycles. The van der Waals surface area contributed by atoms with Crippen LogP contribution in [0.4, 0.5) is 0 Å². The standard InChI is InChI=1S/C13H20N2O2S/c1-18(16,17)13-4-2-3-12(11-13)5-8-15-9-6-14-7-10-15/h2-4,11,14H,5-10H2,1H3. The van der Waals surface area contributed by atoms with Crippen molar-refractivity contribution in [2.24, 2.45) is 0 Å². The van der Waals surface area contributed by atoms with Gasteiger partial charge in [-0.05, 0) is 24.1 Å². The molecule has 5 heteroatoms. The van der Waals surface area contributed by atoms with Gasteiger partial charge in [0.1, 0.15) is 0 Å². The van der Waals surface area contributed by atoms with Gasteiger partial charge in [-0.3, -0.25) is 0 Å². The molecule has 1 aliphatic heterocycles. The van der Waals surface area contributed by atoms with Crippen molar-refractivity contribution < 1.29 is 8.42 Å². The Bertz CT molecular complexity index is 493. The summed E-state index contributed by atoms with van der Waals surface area (Å²) in [5, 5.41) is 3.32. The largest absolute Gasteiger partial charge is 0.314 e. The molecule has 0 aromatic heterocycles. The van der Waals surface area contributed by atoms with E-state index < -0.39 is 9.84 Å². The highest BCUT2D eigenvalue weighted by Gasteiger charge is 2.10. The molecule has 0 spiro atoms. The first-order valence-corrected chi connectivity index (χ1v) is 8.17. The van der Waals surface area contributed by atoms with Gasteiger partial charge in [-0.1, -0.05) is 12.1 Å². The molecule has 0 atom stereocenters. The van der Waals surface area contributed by atoms with Crippen LogP contribution in [0.15, 0.2) is 29.2 Å². The van der Waals surface area contributed by atoms with E-state index >= 15 is 0 Å². The Morgan fingerprint density at radius 3 is 2.67 bits per heavy atom. The molecule has 1 saturated heterocycles. The Hall–Kier alpha value is -0.910. The summed E-state index contributed by atoms with van der Waals surface area (Å²) in [5.41, 5.74) is 1.09. The third-order valence-electron chi connectivity index (χ3n) is 3.25. The second kappa shape index (κ2) is 5.82. The number of benzene rings is 1. The monoisotopic (exact) mass is 268 g/mol. The first-order valence-electron chi connectivity index (χ1n) is 6.28. The molecule has 0 bridgehead atoms. The maximum absolute atomic E-state index is 11.5.